The summed E-state index contributed by atoms with van der Waals surface area (Å²) in [6.45, 7) is 2.57. The maximum absolute atomic E-state index is 11.6. The number of ether oxygens (including phenoxy) is 2. The highest BCUT2D eigenvalue weighted by Gasteiger charge is 2.21. The van der Waals surface area contributed by atoms with Crippen molar-refractivity contribution in [2.75, 3.05) is 6.61 Å². The van der Waals surface area contributed by atoms with Crippen molar-refractivity contribution in [2.24, 2.45) is 5.73 Å². The van der Waals surface area contributed by atoms with E-state index in [0.717, 1.165) is 0 Å². The molecule has 7 heteroatoms. The highest BCUT2D eigenvalue weighted by Crippen LogP contribution is 2.07. The first kappa shape index (κ1) is 16.5. The Balaban J connectivity index is 2.36. The van der Waals surface area contributed by atoms with Crippen molar-refractivity contribution in [1.82, 2.24) is 5.32 Å². The van der Waals surface area contributed by atoms with Gasteiger partial charge >= 0.3 is 5.97 Å². The Morgan fingerprint density at radius 3 is 2.38 bits per heavy atom. The molecule has 0 bridgehead atoms. The molecule has 0 aliphatic rings. The quantitative estimate of drug-likeness (QED) is 0.687. The average molecular weight is 294 g/mol. The number of carbonyl (C=O) groups is 3. The first-order valence-corrected chi connectivity index (χ1v) is 6.37. The standard InChI is InChI=1S/C14H18N2O5/c1-9(14(19)21-10(2)13(15)18)16-12(17)8-20-11-6-4-3-5-7-11/h3-7,9-10H,8H2,1-2H3,(H2,15,18)(H,16,17)/t9-,10+/m0/s1. The lowest BCUT2D eigenvalue weighted by molar-refractivity contribution is -0.156. The van der Waals surface area contributed by atoms with Crippen LogP contribution in [0, 0.1) is 0 Å². The monoisotopic (exact) mass is 294 g/mol. The van der Waals surface area contributed by atoms with Crippen molar-refractivity contribution < 1.29 is 23.9 Å². The summed E-state index contributed by atoms with van der Waals surface area (Å²) in [5.74, 6) is -1.43. The van der Waals surface area contributed by atoms with Crippen LogP contribution in [-0.2, 0) is 19.1 Å². The summed E-state index contributed by atoms with van der Waals surface area (Å²) in [5, 5.41) is 2.40. The lowest BCUT2D eigenvalue weighted by Crippen LogP contribution is -2.44. The summed E-state index contributed by atoms with van der Waals surface area (Å²) in [7, 11) is 0. The summed E-state index contributed by atoms with van der Waals surface area (Å²) in [4.78, 5) is 34.0. The molecule has 0 heterocycles. The molecule has 0 aliphatic heterocycles. The van der Waals surface area contributed by atoms with Crippen LogP contribution >= 0.6 is 0 Å². The number of rotatable bonds is 7. The SMILES string of the molecule is C[C@H](NC(=O)COc1ccccc1)C(=O)O[C@H](C)C(N)=O. The highest BCUT2D eigenvalue weighted by molar-refractivity contribution is 5.87. The Bertz CT molecular complexity index is 503. The average Bonchev–Trinajstić information content (AvgIpc) is 2.45. The van der Waals surface area contributed by atoms with Gasteiger partial charge < -0.3 is 20.5 Å². The number of para-hydroxylation sites is 1. The van der Waals surface area contributed by atoms with E-state index in [1.165, 1.54) is 13.8 Å². The molecule has 0 unspecified atom stereocenters. The van der Waals surface area contributed by atoms with Crippen LogP contribution in [0.1, 0.15) is 13.8 Å². The van der Waals surface area contributed by atoms with Crippen molar-refractivity contribution in [3.8, 4) is 5.75 Å². The van der Waals surface area contributed by atoms with E-state index in [0.29, 0.717) is 5.75 Å². The molecule has 2 atom stereocenters. The van der Waals surface area contributed by atoms with Gasteiger partial charge in [0, 0.05) is 0 Å². The van der Waals surface area contributed by atoms with E-state index in [1.807, 2.05) is 6.07 Å². The molecule has 0 aliphatic carbocycles. The molecule has 0 aromatic heterocycles. The minimum Gasteiger partial charge on any atom is -0.484 e. The van der Waals surface area contributed by atoms with Gasteiger partial charge in [-0.15, -0.1) is 0 Å². The van der Waals surface area contributed by atoms with Gasteiger partial charge in [-0.25, -0.2) is 4.79 Å². The van der Waals surface area contributed by atoms with Crippen molar-refractivity contribution >= 4 is 17.8 Å². The molecular formula is C14H18N2O5. The van der Waals surface area contributed by atoms with Gasteiger partial charge in [-0.1, -0.05) is 18.2 Å². The molecule has 21 heavy (non-hydrogen) atoms. The molecule has 2 amide bonds. The number of benzene rings is 1. The third-order valence-corrected chi connectivity index (χ3v) is 2.54. The molecule has 114 valence electrons. The van der Waals surface area contributed by atoms with Gasteiger partial charge in [-0.3, -0.25) is 9.59 Å². The van der Waals surface area contributed by atoms with Crippen LogP contribution in [0.15, 0.2) is 30.3 Å². The van der Waals surface area contributed by atoms with E-state index in [1.54, 1.807) is 24.3 Å². The van der Waals surface area contributed by atoms with Crippen molar-refractivity contribution in [2.45, 2.75) is 26.0 Å². The number of esters is 1. The Morgan fingerprint density at radius 1 is 1.19 bits per heavy atom. The summed E-state index contributed by atoms with van der Waals surface area (Å²) in [6.07, 6.45) is -1.04. The van der Waals surface area contributed by atoms with Gasteiger partial charge in [0.2, 0.25) is 0 Å². The maximum atomic E-state index is 11.6. The molecule has 3 N–H and O–H groups in total. The number of nitrogens with two attached hydrogens (primary N) is 1. The molecule has 1 aromatic carbocycles. The zero-order valence-corrected chi connectivity index (χ0v) is 11.9. The van der Waals surface area contributed by atoms with Crippen LogP contribution in [0.25, 0.3) is 0 Å². The van der Waals surface area contributed by atoms with Crippen molar-refractivity contribution in [1.29, 1.82) is 0 Å². The van der Waals surface area contributed by atoms with Crippen LogP contribution in [-0.4, -0.2) is 36.5 Å². The number of amides is 2. The Labute approximate surface area is 122 Å². The molecule has 0 spiro atoms. The number of primary amides is 1. The topological polar surface area (TPSA) is 108 Å². The fraction of sp³-hybridized carbons (Fsp3) is 0.357. The molecule has 0 radical (unpaired) electrons. The number of carbonyl (C=O) groups excluding carboxylic acids is 3. The third kappa shape index (κ3) is 5.94. The Kier molecular flexibility index (Phi) is 6.19. The second kappa shape index (κ2) is 7.88. The van der Waals surface area contributed by atoms with E-state index in [4.69, 9.17) is 15.2 Å². The number of nitrogens with one attached hydrogen (secondary N) is 1. The van der Waals surface area contributed by atoms with E-state index < -0.39 is 29.9 Å². The number of hydrogen-bond acceptors (Lipinski definition) is 5. The second-order valence-electron chi connectivity index (χ2n) is 4.37. The van der Waals surface area contributed by atoms with Crippen LogP contribution < -0.4 is 15.8 Å². The predicted molar refractivity (Wildman–Crippen MR) is 74.3 cm³/mol. The van der Waals surface area contributed by atoms with Gasteiger partial charge in [0.1, 0.15) is 11.8 Å². The zero-order valence-electron chi connectivity index (χ0n) is 11.9. The van der Waals surface area contributed by atoms with E-state index in [-0.39, 0.29) is 6.61 Å². The molecule has 7 nitrogen and oxygen atoms in total. The van der Waals surface area contributed by atoms with Gasteiger partial charge in [-0.05, 0) is 26.0 Å². The molecule has 0 saturated heterocycles. The van der Waals surface area contributed by atoms with E-state index in [9.17, 15) is 14.4 Å². The minimum atomic E-state index is -1.04. The van der Waals surface area contributed by atoms with E-state index >= 15 is 0 Å². The normalized spacial score (nSPS) is 12.9. The summed E-state index contributed by atoms with van der Waals surface area (Å²) in [6, 6.07) is 7.89. The van der Waals surface area contributed by atoms with Crippen LogP contribution in [0.4, 0.5) is 0 Å². The van der Waals surface area contributed by atoms with Crippen LogP contribution in [0.3, 0.4) is 0 Å². The third-order valence-electron chi connectivity index (χ3n) is 2.54. The zero-order chi connectivity index (χ0) is 15.8. The maximum Gasteiger partial charge on any atom is 0.329 e. The van der Waals surface area contributed by atoms with Crippen molar-refractivity contribution in [3.05, 3.63) is 30.3 Å². The van der Waals surface area contributed by atoms with Gasteiger partial charge in [0.25, 0.3) is 11.8 Å². The van der Waals surface area contributed by atoms with E-state index in [2.05, 4.69) is 5.32 Å². The van der Waals surface area contributed by atoms with Gasteiger partial charge in [0.05, 0.1) is 0 Å². The first-order chi connectivity index (χ1) is 9.90. The smallest absolute Gasteiger partial charge is 0.329 e. The van der Waals surface area contributed by atoms with Crippen molar-refractivity contribution in [3.63, 3.8) is 0 Å². The fourth-order valence-electron chi connectivity index (χ4n) is 1.34. The summed E-state index contributed by atoms with van der Waals surface area (Å²) in [5.41, 5.74) is 4.97. The number of hydrogen-bond donors (Lipinski definition) is 2. The minimum absolute atomic E-state index is 0.229. The lowest BCUT2D eigenvalue weighted by atomic mass is 10.3. The highest BCUT2D eigenvalue weighted by atomic mass is 16.5. The van der Waals surface area contributed by atoms with Crippen LogP contribution in [0.5, 0.6) is 5.75 Å². The largest absolute Gasteiger partial charge is 0.484 e. The first-order valence-electron chi connectivity index (χ1n) is 6.37. The Hall–Kier alpha value is -2.57. The lowest BCUT2D eigenvalue weighted by Gasteiger charge is -2.16. The predicted octanol–water partition coefficient (Wildman–Crippen LogP) is -0.0129. The molecule has 1 aromatic rings. The summed E-state index contributed by atoms with van der Waals surface area (Å²) >= 11 is 0. The molecular weight excluding hydrogens is 276 g/mol. The molecule has 0 fully saturated rings. The summed E-state index contributed by atoms with van der Waals surface area (Å²) < 4.78 is 10.00. The molecule has 0 saturated carbocycles. The molecule has 1 rings (SSSR count). The second-order valence-corrected chi connectivity index (χ2v) is 4.37. The van der Waals surface area contributed by atoms with Gasteiger partial charge in [-0.2, -0.15) is 0 Å². The van der Waals surface area contributed by atoms with Gasteiger partial charge in [0.15, 0.2) is 12.7 Å². The van der Waals surface area contributed by atoms with Crippen LogP contribution in [0.2, 0.25) is 0 Å². The fourth-order valence-corrected chi connectivity index (χ4v) is 1.34. The Morgan fingerprint density at radius 2 is 1.81 bits per heavy atom.